The fourth-order valence-corrected chi connectivity index (χ4v) is 2.98. The topological polar surface area (TPSA) is 50.7 Å². The van der Waals surface area contributed by atoms with Gasteiger partial charge in [-0.1, -0.05) is 27.7 Å². The van der Waals surface area contributed by atoms with Gasteiger partial charge in [-0.2, -0.15) is 0 Å². The molecule has 0 saturated heterocycles. The van der Waals surface area contributed by atoms with E-state index in [9.17, 15) is 0 Å². The molecule has 0 aromatic carbocycles. The zero-order chi connectivity index (χ0) is 16.2. The van der Waals surface area contributed by atoms with E-state index in [1.54, 1.807) is 11.8 Å². The summed E-state index contributed by atoms with van der Waals surface area (Å²) in [5.41, 5.74) is 2.27. The Morgan fingerprint density at radius 2 is 1.95 bits per heavy atom. The van der Waals surface area contributed by atoms with Crippen molar-refractivity contribution in [1.82, 2.24) is 15.0 Å². The van der Waals surface area contributed by atoms with Crippen molar-refractivity contribution in [2.24, 2.45) is 0 Å². The summed E-state index contributed by atoms with van der Waals surface area (Å²) in [6.07, 6.45) is 2.79. The average Bonchev–Trinajstić information content (AvgIpc) is 2.43. The molecule has 0 atom stereocenters. The average molecular weight is 316 g/mol. The van der Waals surface area contributed by atoms with E-state index in [4.69, 9.17) is 0 Å². The van der Waals surface area contributed by atoms with Gasteiger partial charge in [0.05, 0.1) is 5.03 Å². The first-order chi connectivity index (χ1) is 10.4. The van der Waals surface area contributed by atoms with Gasteiger partial charge < -0.3 is 5.32 Å². The molecule has 5 heteroatoms. The van der Waals surface area contributed by atoms with Crippen molar-refractivity contribution < 1.29 is 0 Å². The van der Waals surface area contributed by atoms with Crippen molar-refractivity contribution in [2.75, 3.05) is 5.32 Å². The third kappa shape index (κ3) is 5.30. The number of aromatic nitrogens is 3. The van der Waals surface area contributed by atoms with Gasteiger partial charge in [-0.3, -0.25) is 0 Å². The summed E-state index contributed by atoms with van der Waals surface area (Å²) in [5, 5.41) is 4.43. The molecular formula is C17H24N4S. The minimum Gasteiger partial charge on any atom is -0.366 e. The van der Waals surface area contributed by atoms with Crippen LogP contribution in [-0.4, -0.2) is 19.7 Å². The quantitative estimate of drug-likeness (QED) is 0.836. The first-order valence-electron chi connectivity index (χ1n) is 7.58. The second kappa shape index (κ2) is 7.09. The summed E-state index contributed by atoms with van der Waals surface area (Å²) in [7, 11) is 0. The standard InChI is InChI=1S/C17H24N4S/c1-6-14-10-15(21-12(2)20-14)19-11-13-7-8-18-16(9-13)22-17(3,4)5/h7-10H,6,11H2,1-5H3,(H,19,20,21). The monoisotopic (exact) mass is 316 g/mol. The number of pyridine rings is 1. The summed E-state index contributed by atoms with van der Waals surface area (Å²) in [4.78, 5) is 13.3. The molecule has 118 valence electrons. The van der Waals surface area contributed by atoms with Crippen molar-refractivity contribution in [2.45, 2.75) is 57.4 Å². The van der Waals surface area contributed by atoms with Gasteiger partial charge in [-0.05, 0) is 31.0 Å². The van der Waals surface area contributed by atoms with Crippen LogP contribution in [0.1, 0.15) is 44.8 Å². The van der Waals surface area contributed by atoms with Gasteiger partial charge >= 0.3 is 0 Å². The van der Waals surface area contributed by atoms with E-state index in [2.05, 4.69) is 54.0 Å². The summed E-state index contributed by atoms with van der Waals surface area (Å²) in [6.45, 7) is 11.3. The van der Waals surface area contributed by atoms with E-state index in [1.807, 2.05) is 25.3 Å². The van der Waals surface area contributed by atoms with E-state index < -0.39 is 0 Å². The highest BCUT2D eigenvalue weighted by atomic mass is 32.2. The first kappa shape index (κ1) is 16.7. The smallest absolute Gasteiger partial charge is 0.130 e. The van der Waals surface area contributed by atoms with Crippen molar-refractivity contribution >= 4 is 17.6 Å². The first-order valence-corrected chi connectivity index (χ1v) is 8.40. The lowest BCUT2D eigenvalue weighted by Crippen LogP contribution is -2.08. The molecule has 0 spiro atoms. The third-order valence-electron chi connectivity index (χ3n) is 2.94. The largest absolute Gasteiger partial charge is 0.366 e. The van der Waals surface area contributed by atoms with Crippen LogP contribution in [0.15, 0.2) is 29.4 Å². The minimum atomic E-state index is 0.166. The van der Waals surface area contributed by atoms with Crippen LogP contribution in [0.2, 0.25) is 0 Å². The lowest BCUT2D eigenvalue weighted by molar-refractivity contribution is 0.799. The molecule has 0 radical (unpaired) electrons. The Morgan fingerprint density at radius 3 is 2.64 bits per heavy atom. The molecule has 2 rings (SSSR count). The number of hydrogen-bond acceptors (Lipinski definition) is 5. The van der Waals surface area contributed by atoms with Gasteiger partial charge in [0.2, 0.25) is 0 Å². The van der Waals surface area contributed by atoms with E-state index >= 15 is 0 Å². The molecular weight excluding hydrogens is 292 g/mol. The normalized spacial score (nSPS) is 11.5. The Hall–Kier alpha value is -1.62. The van der Waals surface area contributed by atoms with Gasteiger partial charge in [0, 0.05) is 29.2 Å². The number of rotatable bonds is 5. The van der Waals surface area contributed by atoms with Gasteiger partial charge in [0.15, 0.2) is 0 Å². The van der Waals surface area contributed by atoms with Crippen LogP contribution >= 0.6 is 11.8 Å². The van der Waals surface area contributed by atoms with E-state index in [0.717, 1.165) is 35.3 Å². The number of aryl methyl sites for hydroxylation is 2. The maximum Gasteiger partial charge on any atom is 0.130 e. The molecule has 0 amide bonds. The molecule has 1 N–H and O–H groups in total. The maximum atomic E-state index is 4.44. The van der Waals surface area contributed by atoms with Crippen LogP contribution in [0.5, 0.6) is 0 Å². The number of hydrogen-bond donors (Lipinski definition) is 1. The predicted octanol–water partition coefficient (Wildman–Crippen LogP) is 4.25. The molecule has 0 bridgehead atoms. The molecule has 4 nitrogen and oxygen atoms in total. The molecule has 0 aliphatic heterocycles. The molecule has 22 heavy (non-hydrogen) atoms. The number of thioether (sulfide) groups is 1. The molecule has 2 aromatic rings. The van der Waals surface area contributed by atoms with Crippen LogP contribution in [-0.2, 0) is 13.0 Å². The highest BCUT2D eigenvalue weighted by molar-refractivity contribution is 8.00. The SMILES string of the molecule is CCc1cc(NCc2ccnc(SC(C)(C)C)c2)nc(C)n1. The van der Waals surface area contributed by atoms with Crippen LogP contribution in [0.4, 0.5) is 5.82 Å². The van der Waals surface area contributed by atoms with Gasteiger partial charge in [0.25, 0.3) is 0 Å². The molecule has 0 unspecified atom stereocenters. The second-order valence-electron chi connectivity index (χ2n) is 6.22. The molecule has 2 aromatic heterocycles. The Kier molecular flexibility index (Phi) is 5.40. The van der Waals surface area contributed by atoms with Gasteiger partial charge in [0.1, 0.15) is 11.6 Å². The molecule has 0 aliphatic rings. The molecule has 0 fully saturated rings. The summed E-state index contributed by atoms with van der Waals surface area (Å²) >= 11 is 1.78. The van der Waals surface area contributed by atoms with Crippen LogP contribution in [0, 0.1) is 6.92 Å². The minimum absolute atomic E-state index is 0.166. The highest BCUT2D eigenvalue weighted by Crippen LogP contribution is 2.30. The Labute approximate surface area is 137 Å². The predicted molar refractivity (Wildman–Crippen MR) is 93.3 cm³/mol. The lowest BCUT2D eigenvalue weighted by atomic mass is 10.2. The number of anilines is 1. The van der Waals surface area contributed by atoms with E-state index in [1.165, 1.54) is 5.56 Å². The Bertz CT molecular complexity index is 635. The van der Waals surface area contributed by atoms with Crippen LogP contribution < -0.4 is 5.32 Å². The molecule has 2 heterocycles. The third-order valence-corrected chi connectivity index (χ3v) is 3.98. The van der Waals surface area contributed by atoms with Crippen molar-refractivity contribution in [3.63, 3.8) is 0 Å². The summed E-state index contributed by atoms with van der Waals surface area (Å²) in [5.74, 6) is 1.69. The highest BCUT2D eigenvalue weighted by Gasteiger charge is 2.13. The van der Waals surface area contributed by atoms with Crippen LogP contribution in [0.25, 0.3) is 0 Å². The second-order valence-corrected chi connectivity index (χ2v) is 8.06. The fraction of sp³-hybridized carbons (Fsp3) is 0.471. The summed E-state index contributed by atoms with van der Waals surface area (Å²) in [6, 6.07) is 6.19. The number of nitrogens with one attached hydrogen (secondary N) is 1. The van der Waals surface area contributed by atoms with Gasteiger partial charge in [-0.15, -0.1) is 11.8 Å². The van der Waals surface area contributed by atoms with Crippen molar-refractivity contribution in [3.8, 4) is 0 Å². The van der Waals surface area contributed by atoms with Crippen LogP contribution in [0.3, 0.4) is 0 Å². The zero-order valence-corrected chi connectivity index (χ0v) is 14.8. The molecule has 0 aliphatic carbocycles. The summed E-state index contributed by atoms with van der Waals surface area (Å²) < 4.78 is 0.166. The Balaban J connectivity index is 2.05. The van der Waals surface area contributed by atoms with Crippen molar-refractivity contribution in [1.29, 1.82) is 0 Å². The van der Waals surface area contributed by atoms with E-state index in [-0.39, 0.29) is 4.75 Å². The Morgan fingerprint density at radius 1 is 1.18 bits per heavy atom. The fourth-order valence-electron chi connectivity index (χ4n) is 2.02. The molecule has 0 saturated carbocycles. The lowest BCUT2D eigenvalue weighted by Gasteiger charge is -2.17. The van der Waals surface area contributed by atoms with Crippen molar-refractivity contribution in [3.05, 3.63) is 41.5 Å². The van der Waals surface area contributed by atoms with E-state index in [0.29, 0.717) is 0 Å². The zero-order valence-electron chi connectivity index (χ0n) is 14.0. The number of nitrogens with zero attached hydrogens (tertiary/aromatic N) is 3. The maximum absolute atomic E-state index is 4.44. The van der Waals surface area contributed by atoms with Gasteiger partial charge in [-0.25, -0.2) is 15.0 Å².